The number of halogens is 2. The van der Waals surface area contributed by atoms with E-state index in [4.69, 9.17) is 10.5 Å². The number of nitrogens with two attached hydrogens (primary N) is 1. The van der Waals surface area contributed by atoms with Crippen molar-refractivity contribution >= 4 is 15.9 Å². The molecule has 0 aliphatic carbocycles. The van der Waals surface area contributed by atoms with Crippen molar-refractivity contribution in [3.05, 3.63) is 34.1 Å². The van der Waals surface area contributed by atoms with Crippen molar-refractivity contribution in [2.45, 2.75) is 38.8 Å². The van der Waals surface area contributed by atoms with Gasteiger partial charge >= 0.3 is 0 Å². The van der Waals surface area contributed by atoms with E-state index in [9.17, 15) is 4.39 Å². The normalized spacial score (nSPS) is 13.8. The highest BCUT2D eigenvalue weighted by atomic mass is 79.9. The van der Waals surface area contributed by atoms with Crippen LogP contribution in [0.1, 0.15) is 26.3 Å². The molecule has 0 saturated heterocycles. The van der Waals surface area contributed by atoms with Crippen molar-refractivity contribution in [1.29, 1.82) is 0 Å². The largest absolute Gasteiger partial charge is 0.374 e. The molecule has 1 aromatic carbocycles. The van der Waals surface area contributed by atoms with Gasteiger partial charge in [0.05, 0.1) is 12.2 Å². The van der Waals surface area contributed by atoms with Crippen LogP contribution in [0.3, 0.4) is 0 Å². The fraction of sp³-hybridized carbons (Fsp3) is 0.538. The lowest BCUT2D eigenvalue weighted by Crippen LogP contribution is -2.33. The van der Waals surface area contributed by atoms with Crippen molar-refractivity contribution in [3.63, 3.8) is 0 Å². The molecule has 17 heavy (non-hydrogen) atoms. The molecule has 1 unspecified atom stereocenters. The maximum absolute atomic E-state index is 12.9. The molecule has 0 bridgehead atoms. The van der Waals surface area contributed by atoms with Gasteiger partial charge in [-0.15, -0.1) is 0 Å². The summed E-state index contributed by atoms with van der Waals surface area (Å²) in [6.45, 7) is 6.47. The molecule has 0 amide bonds. The smallest absolute Gasteiger partial charge is 0.124 e. The second-order valence-electron chi connectivity index (χ2n) is 5.12. The van der Waals surface area contributed by atoms with Crippen molar-refractivity contribution in [3.8, 4) is 0 Å². The number of benzene rings is 1. The summed E-state index contributed by atoms with van der Waals surface area (Å²) in [7, 11) is 0. The van der Waals surface area contributed by atoms with Crippen LogP contribution >= 0.6 is 15.9 Å². The number of hydrogen-bond acceptors (Lipinski definition) is 2. The molecule has 96 valence electrons. The second-order valence-corrected chi connectivity index (χ2v) is 5.98. The fourth-order valence-electron chi connectivity index (χ4n) is 1.39. The van der Waals surface area contributed by atoms with E-state index in [1.165, 1.54) is 12.1 Å². The average Bonchev–Trinajstić information content (AvgIpc) is 2.18. The standard InChI is InChI=1S/C13H19BrFNO/c1-13(2,3)17-8-11(16)6-9-4-5-10(15)7-12(9)14/h4-5,7,11H,6,8,16H2,1-3H3. The van der Waals surface area contributed by atoms with Gasteiger partial charge < -0.3 is 10.5 Å². The zero-order valence-corrected chi connectivity index (χ0v) is 12.1. The van der Waals surface area contributed by atoms with Crippen molar-refractivity contribution in [2.75, 3.05) is 6.61 Å². The second kappa shape index (κ2) is 5.94. The van der Waals surface area contributed by atoms with E-state index in [0.29, 0.717) is 13.0 Å². The van der Waals surface area contributed by atoms with Crippen LogP contribution in [0.4, 0.5) is 4.39 Å². The first-order valence-corrected chi connectivity index (χ1v) is 6.41. The molecule has 2 nitrogen and oxygen atoms in total. The number of hydrogen-bond donors (Lipinski definition) is 1. The summed E-state index contributed by atoms with van der Waals surface area (Å²) in [5.74, 6) is -0.250. The Morgan fingerprint density at radius 2 is 2.06 bits per heavy atom. The Bertz CT molecular complexity index is 376. The van der Waals surface area contributed by atoms with Crippen LogP contribution in [0.25, 0.3) is 0 Å². The Morgan fingerprint density at radius 3 is 2.59 bits per heavy atom. The Kier molecular flexibility index (Phi) is 5.10. The molecule has 0 saturated carbocycles. The van der Waals surface area contributed by atoms with Gasteiger partial charge in [-0.2, -0.15) is 0 Å². The van der Waals surface area contributed by atoms with Gasteiger partial charge in [0.2, 0.25) is 0 Å². The molecule has 0 fully saturated rings. The zero-order valence-electron chi connectivity index (χ0n) is 10.5. The maximum atomic E-state index is 12.9. The Morgan fingerprint density at radius 1 is 1.41 bits per heavy atom. The molecule has 2 N–H and O–H groups in total. The van der Waals surface area contributed by atoms with Gasteiger partial charge in [0.25, 0.3) is 0 Å². The highest BCUT2D eigenvalue weighted by Gasteiger charge is 2.14. The quantitative estimate of drug-likeness (QED) is 0.926. The van der Waals surface area contributed by atoms with Crippen molar-refractivity contribution < 1.29 is 9.13 Å². The summed E-state index contributed by atoms with van der Waals surface area (Å²) >= 11 is 3.33. The summed E-state index contributed by atoms with van der Waals surface area (Å²) in [5.41, 5.74) is 6.79. The van der Waals surface area contributed by atoms with Crippen LogP contribution in [-0.2, 0) is 11.2 Å². The highest BCUT2D eigenvalue weighted by molar-refractivity contribution is 9.10. The molecule has 0 radical (unpaired) electrons. The average molecular weight is 304 g/mol. The predicted molar refractivity (Wildman–Crippen MR) is 71.5 cm³/mol. The molecule has 0 spiro atoms. The summed E-state index contributed by atoms with van der Waals surface area (Å²) in [5, 5.41) is 0. The van der Waals surface area contributed by atoms with E-state index < -0.39 is 0 Å². The molecular weight excluding hydrogens is 285 g/mol. The fourth-order valence-corrected chi connectivity index (χ4v) is 1.90. The molecular formula is C13H19BrFNO. The lowest BCUT2D eigenvalue weighted by atomic mass is 10.1. The van der Waals surface area contributed by atoms with Crippen LogP contribution in [0.15, 0.2) is 22.7 Å². The molecule has 0 aliphatic heterocycles. The molecule has 1 rings (SSSR count). The topological polar surface area (TPSA) is 35.2 Å². The first-order valence-electron chi connectivity index (χ1n) is 5.61. The van der Waals surface area contributed by atoms with Gasteiger partial charge in [-0.25, -0.2) is 4.39 Å². The van der Waals surface area contributed by atoms with Crippen LogP contribution in [0.5, 0.6) is 0 Å². The summed E-state index contributed by atoms with van der Waals surface area (Å²) in [6.07, 6.45) is 0.664. The van der Waals surface area contributed by atoms with Crippen LogP contribution < -0.4 is 5.73 Å². The van der Waals surface area contributed by atoms with E-state index in [0.717, 1.165) is 10.0 Å². The third-order valence-corrected chi connectivity index (χ3v) is 2.97. The first-order chi connectivity index (χ1) is 7.78. The van der Waals surface area contributed by atoms with Crippen LogP contribution in [0.2, 0.25) is 0 Å². The Labute approximate surface area is 110 Å². The Balaban J connectivity index is 2.53. The molecule has 4 heteroatoms. The van der Waals surface area contributed by atoms with Crippen molar-refractivity contribution in [1.82, 2.24) is 0 Å². The third-order valence-electron chi connectivity index (χ3n) is 2.23. The van der Waals surface area contributed by atoms with E-state index in [1.807, 2.05) is 20.8 Å². The molecule has 1 aromatic rings. The van der Waals surface area contributed by atoms with E-state index >= 15 is 0 Å². The van der Waals surface area contributed by atoms with Gasteiger partial charge in [-0.1, -0.05) is 22.0 Å². The van der Waals surface area contributed by atoms with Gasteiger partial charge in [0, 0.05) is 10.5 Å². The van der Waals surface area contributed by atoms with Gasteiger partial charge in [-0.05, 0) is 44.9 Å². The van der Waals surface area contributed by atoms with Gasteiger partial charge in [0.15, 0.2) is 0 Å². The summed E-state index contributed by atoms with van der Waals surface area (Å²) in [6, 6.07) is 4.55. The molecule has 0 aromatic heterocycles. The molecule has 1 atom stereocenters. The summed E-state index contributed by atoms with van der Waals surface area (Å²) < 4.78 is 19.3. The van der Waals surface area contributed by atoms with E-state index in [2.05, 4.69) is 15.9 Å². The minimum atomic E-state index is -0.250. The minimum absolute atomic E-state index is 0.0870. The monoisotopic (exact) mass is 303 g/mol. The highest BCUT2D eigenvalue weighted by Crippen LogP contribution is 2.19. The third kappa shape index (κ3) is 5.61. The van der Waals surface area contributed by atoms with Crippen LogP contribution in [-0.4, -0.2) is 18.2 Å². The van der Waals surface area contributed by atoms with Crippen LogP contribution in [0, 0.1) is 5.82 Å². The van der Waals surface area contributed by atoms with Gasteiger partial charge in [-0.3, -0.25) is 0 Å². The van der Waals surface area contributed by atoms with Gasteiger partial charge in [0.1, 0.15) is 5.82 Å². The minimum Gasteiger partial charge on any atom is -0.374 e. The Hall–Kier alpha value is -0.450. The number of ether oxygens (including phenoxy) is 1. The zero-order chi connectivity index (χ0) is 13.1. The lowest BCUT2D eigenvalue weighted by molar-refractivity contribution is -0.00984. The number of rotatable bonds is 4. The predicted octanol–water partition coefficient (Wildman–Crippen LogP) is 3.27. The lowest BCUT2D eigenvalue weighted by Gasteiger charge is -2.22. The molecule has 0 heterocycles. The first kappa shape index (κ1) is 14.6. The van der Waals surface area contributed by atoms with E-state index in [-0.39, 0.29) is 17.5 Å². The van der Waals surface area contributed by atoms with E-state index in [1.54, 1.807) is 6.07 Å². The molecule has 0 aliphatic rings. The summed E-state index contributed by atoms with van der Waals surface area (Å²) in [4.78, 5) is 0. The SMILES string of the molecule is CC(C)(C)OCC(N)Cc1ccc(F)cc1Br. The van der Waals surface area contributed by atoms with Crippen molar-refractivity contribution in [2.24, 2.45) is 5.73 Å². The maximum Gasteiger partial charge on any atom is 0.124 e.